The number of benzene rings is 1. The minimum Gasteiger partial charge on any atom is -0.456 e. The number of nitrogens with one attached hydrogen (secondary N) is 1. The molecule has 1 saturated heterocycles. The lowest BCUT2D eigenvalue weighted by Gasteiger charge is -2.23. The molecule has 0 aliphatic carbocycles. The third kappa shape index (κ3) is 2.15. The van der Waals surface area contributed by atoms with Gasteiger partial charge in [0.1, 0.15) is 5.76 Å². The van der Waals surface area contributed by atoms with Crippen molar-refractivity contribution < 1.29 is 13.5 Å². The number of para-hydroxylation sites is 1. The topological polar surface area (TPSA) is 34.4 Å². The Labute approximate surface area is 111 Å². The van der Waals surface area contributed by atoms with E-state index >= 15 is 0 Å². The fourth-order valence-electron chi connectivity index (χ4n) is 2.95. The van der Waals surface area contributed by atoms with Crippen LogP contribution in [0.15, 0.2) is 28.7 Å². The van der Waals surface area contributed by atoms with Crippen LogP contribution < -0.4 is 5.32 Å². The molecule has 1 N–H and O–H groups in total. The number of halogens is 1. The molecule has 1 aromatic heterocycles. The van der Waals surface area contributed by atoms with Crippen molar-refractivity contribution in [1.82, 2.24) is 5.32 Å². The summed E-state index contributed by atoms with van der Waals surface area (Å²) in [5.74, 6) is 0.827. The van der Waals surface area contributed by atoms with Crippen LogP contribution in [0.3, 0.4) is 0 Å². The molecule has 3 atom stereocenters. The van der Waals surface area contributed by atoms with Crippen LogP contribution in [-0.4, -0.2) is 19.8 Å². The van der Waals surface area contributed by atoms with Gasteiger partial charge in [0, 0.05) is 17.9 Å². The van der Waals surface area contributed by atoms with E-state index in [2.05, 4.69) is 12.2 Å². The molecule has 0 bridgehead atoms. The van der Waals surface area contributed by atoms with Crippen molar-refractivity contribution in [2.24, 2.45) is 5.92 Å². The molecule has 2 heterocycles. The van der Waals surface area contributed by atoms with Gasteiger partial charge < -0.3 is 14.5 Å². The Morgan fingerprint density at radius 2 is 2.26 bits per heavy atom. The van der Waals surface area contributed by atoms with E-state index in [0.29, 0.717) is 11.5 Å². The quantitative estimate of drug-likeness (QED) is 0.923. The molecule has 4 heteroatoms. The average Bonchev–Trinajstić information content (AvgIpc) is 2.99. The summed E-state index contributed by atoms with van der Waals surface area (Å²) in [6.07, 6.45) is 1.18. The van der Waals surface area contributed by atoms with Gasteiger partial charge in [-0.2, -0.15) is 0 Å². The van der Waals surface area contributed by atoms with Crippen LogP contribution in [0.1, 0.15) is 25.1 Å². The predicted molar refractivity (Wildman–Crippen MR) is 71.5 cm³/mol. The van der Waals surface area contributed by atoms with Gasteiger partial charge in [0.2, 0.25) is 0 Å². The van der Waals surface area contributed by atoms with Crippen LogP contribution in [0.25, 0.3) is 11.0 Å². The highest BCUT2D eigenvalue weighted by Gasteiger charge is 2.34. The molecule has 1 aliphatic heterocycles. The van der Waals surface area contributed by atoms with Crippen molar-refractivity contribution in [1.29, 1.82) is 0 Å². The number of hydrogen-bond donors (Lipinski definition) is 1. The normalized spacial score (nSPS) is 25.0. The van der Waals surface area contributed by atoms with Crippen LogP contribution in [0.5, 0.6) is 0 Å². The fourth-order valence-corrected chi connectivity index (χ4v) is 2.95. The first-order valence-corrected chi connectivity index (χ1v) is 6.67. The molecule has 1 aromatic carbocycles. The van der Waals surface area contributed by atoms with Gasteiger partial charge >= 0.3 is 0 Å². The summed E-state index contributed by atoms with van der Waals surface area (Å²) in [5, 5.41) is 4.08. The van der Waals surface area contributed by atoms with Crippen molar-refractivity contribution in [3.63, 3.8) is 0 Å². The maximum absolute atomic E-state index is 13.7. The molecule has 3 nitrogen and oxygen atoms in total. The van der Waals surface area contributed by atoms with Crippen LogP contribution in [-0.2, 0) is 4.74 Å². The van der Waals surface area contributed by atoms with E-state index < -0.39 is 0 Å². The maximum atomic E-state index is 13.7. The van der Waals surface area contributed by atoms with Crippen molar-refractivity contribution in [2.75, 3.05) is 13.7 Å². The molecule has 1 fully saturated rings. The average molecular weight is 263 g/mol. The van der Waals surface area contributed by atoms with E-state index in [4.69, 9.17) is 9.15 Å². The minimum absolute atomic E-state index is 0.0595. The van der Waals surface area contributed by atoms with Crippen LogP contribution in [0.2, 0.25) is 0 Å². The van der Waals surface area contributed by atoms with Crippen molar-refractivity contribution >= 4 is 11.0 Å². The Morgan fingerprint density at radius 1 is 1.42 bits per heavy atom. The van der Waals surface area contributed by atoms with Gasteiger partial charge in [-0.25, -0.2) is 4.39 Å². The first-order chi connectivity index (χ1) is 9.20. The van der Waals surface area contributed by atoms with Gasteiger partial charge in [0.05, 0.1) is 12.1 Å². The molecule has 0 saturated carbocycles. The molecule has 102 valence electrons. The van der Waals surface area contributed by atoms with Gasteiger partial charge in [-0.15, -0.1) is 0 Å². The molecule has 2 aromatic rings. The van der Waals surface area contributed by atoms with Crippen LogP contribution in [0, 0.1) is 11.7 Å². The molecular formula is C15H18FNO2. The molecule has 0 amide bonds. The molecule has 19 heavy (non-hydrogen) atoms. The second kappa shape index (κ2) is 4.94. The molecule has 3 unspecified atom stereocenters. The van der Waals surface area contributed by atoms with Crippen molar-refractivity contribution in [2.45, 2.75) is 25.5 Å². The van der Waals surface area contributed by atoms with Crippen LogP contribution >= 0.6 is 0 Å². The summed E-state index contributed by atoms with van der Waals surface area (Å²) in [6, 6.07) is 6.97. The van der Waals surface area contributed by atoms with Gasteiger partial charge in [-0.05, 0) is 32.5 Å². The Kier molecular flexibility index (Phi) is 3.29. The van der Waals surface area contributed by atoms with E-state index in [-0.39, 0.29) is 18.0 Å². The highest BCUT2D eigenvalue weighted by Crippen LogP contribution is 2.35. The molecule has 0 radical (unpaired) electrons. The van der Waals surface area contributed by atoms with Gasteiger partial charge in [0.25, 0.3) is 0 Å². The summed E-state index contributed by atoms with van der Waals surface area (Å²) in [6.45, 7) is 2.85. The smallest absolute Gasteiger partial charge is 0.169 e. The summed E-state index contributed by atoms with van der Waals surface area (Å²) in [5.41, 5.74) is 0.337. The van der Waals surface area contributed by atoms with Gasteiger partial charge in [-0.3, -0.25) is 0 Å². The summed E-state index contributed by atoms with van der Waals surface area (Å²) in [4.78, 5) is 0. The third-order valence-corrected chi connectivity index (χ3v) is 4.00. The molecule has 0 spiro atoms. The highest BCUT2D eigenvalue weighted by atomic mass is 19.1. The number of ether oxygens (including phenoxy) is 1. The van der Waals surface area contributed by atoms with E-state index in [1.807, 2.05) is 19.2 Å². The zero-order valence-electron chi connectivity index (χ0n) is 11.2. The lowest BCUT2D eigenvalue weighted by atomic mass is 9.92. The first-order valence-electron chi connectivity index (χ1n) is 6.67. The third-order valence-electron chi connectivity index (χ3n) is 4.00. The number of fused-ring (bicyclic) bond motifs is 1. The fraction of sp³-hybridized carbons (Fsp3) is 0.467. The lowest BCUT2D eigenvalue weighted by molar-refractivity contribution is 0.0937. The number of hydrogen-bond acceptors (Lipinski definition) is 3. The minimum atomic E-state index is -0.311. The van der Waals surface area contributed by atoms with E-state index in [0.717, 1.165) is 24.2 Å². The summed E-state index contributed by atoms with van der Waals surface area (Å²) >= 11 is 0. The zero-order chi connectivity index (χ0) is 13.4. The monoisotopic (exact) mass is 263 g/mol. The molecule has 1 aliphatic rings. The number of rotatable bonds is 3. The first kappa shape index (κ1) is 12.6. The Bertz CT molecular complexity index is 581. The maximum Gasteiger partial charge on any atom is 0.169 e. The van der Waals surface area contributed by atoms with E-state index in [1.54, 1.807) is 6.07 Å². The second-order valence-electron chi connectivity index (χ2n) is 5.10. The van der Waals surface area contributed by atoms with E-state index in [1.165, 1.54) is 6.07 Å². The Morgan fingerprint density at radius 3 is 2.89 bits per heavy atom. The van der Waals surface area contributed by atoms with Crippen LogP contribution in [0.4, 0.5) is 4.39 Å². The molecule has 3 rings (SSSR count). The van der Waals surface area contributed by atoms with Gasteiger partial charge in [0.15, 0.2) is 11.4 Å². The Hall–Kier alpha value is -1.39. The molecular weight excluding hydrogens is 245 g/mol. The number of furan rings is 1. The summed E-state index contributed by atoms with van der Waals surface area (Å²) < 4.78 is 25.0. The zero-order valence-corrected chi connectivity index (χ0v) is 11.2. The van der Waals surface area contributed by atoms with Gasteiger partial charge in [-0.1, -0.05) is 12.1 Å². The Balaban J connectivity index is 1.99. The lowest BCUT2D eigenvalue weighted by Crippen LogP contribution is -2.29. The summed E-state index contributed by atoms with van der Waals surface area (Å²) in [7, 11) is 1.90. The van der Waals surface area contributed by atoms with E-state index in [9.17, 15) is 4.39 Å². The SMILES string of the molecule is CNC(c1cc2cccc(F)c2o1)C1CCOC1C. The van der Waals surface area contributed by atoms with Crippen molar-refractivity contribution in [3.05, 3.63) is 35.8 Å². The second-order valence-corrected chi connectivity index (χ2v) is 5.10. The highest BCUT2D eigenvalue weighted by molar-refractivity contribution is 5.78. The van der Waals surface area contributed by atoms with Crippen molar-refractivity contribution in [3.8, 4) is 0 Å². The largest absolute Gasteiger partial charge is 0.456 e. The standard InChI is InChI=1S/C15H18FNO2/c1-9-11(6-7-18-9)14(17-2)13-8-10-4-3-5-12(16)15(10)19-13/h3-5,8-9,11,14,17H,6-7H2,1-2H3. The predicted octanol–water partition coefficient (Wildman–Crippen LogP) is 3.26.